The van der Waals surface area contributed by atoms with Gasteiger partial charge in [-0.25, -0.2) is 8.78 Å². The van der Waals surface area contributed by atoms with Crippen molar-refractivity contribution < 1.29 is 26.7 Å². The van der Waals surface area contributed by atoms with Gasteiger partial charge < -0.3 is 16.0 Å². The number of carbonyl (C=O) groups excluding carboxylic acids is 1. The third kappa shape index (κ3) is 3.58. The number of rotatable bonds is 2. The van der Waals surface area contributed by atoms with Crippen LogP contribution in [0.15, 0.2) is 24.3 Å². The minimum atomic E-state index is -5.19. The molecule has 1 fully saturated rings. The number of nitrogens with two attached hydrogens (primary N) is 1. The molecule has 1 saturated heterocycles. The number of anilines is 2. The van der Waals surface area contributed by atoms with Gasteiger partial charge >= 0.3 is 12.1 Å². The van der Waals surface area contributed by atoms with Crippen LogP contribution in [0.25, 0.3) is 0 Å². The van der Waals surface area contributed by atoms with Crippen LogP contribution in [0.1, 0.15) is 6.42 Å². The molecule has 0 saturated carbocycles. The number of benzene rings is 1. The highest BCUT2D eigenvalue weighted by molar-refractivity contribution is 5.82. The molecule has 1 aliphatic rings. The number of nitrogens with zero attached hydrogens (tertiary/aromatic N) is 1. The topological polar surface area (TPSA) is 58.4 Å². The summed E-state index contributed by atoms with van der Waals surface area (Å²) in [6.45, 7) is -0.450. The first-order valence-electron chi connectivity index (χ1n) is 6.45. The van der Waals surface area contributed by atoms with Crippen molar-refractivity contribution in [2.45, 2.75) is 24.6 Å². The zero-order chi connectivity index (χ0) is 16.5. The molecule has 2 rings (SSSR count). The van der Waals surface area contributed by atoms with Crippen LogP contribution >= 0.6 is 0 Å². The van der Waals surface area contributed by atoms with E-state index in [1.165, 1.54) is 10.2 Å². The number of alkyl halides is 5. The van der Waals surface area contributed by atoms with Crippen LogP contribution in [0.3, 0.4) is 0 Å². The van der Waals surface area contributed by atoms with Crippen LogP contribution < -0.4 is 16.0 Å². The molecular formula is C13H14F5N3O. The average Bonchev–Trinajstić information content (AvgIpc) is 2.41. The van der Waals surface area contributed by atoms with E-state index in [0.717, 1.165) is 0 Å². The molecule has 1 aromatic rings. The minimum Gasteiger partial charge on any atom is -0.399 e. The van der Waals surface area contributed by atoms with E-state index in [-0.39, 0.29) is 6.54 Å². The Morgan fingerprint density at radius 1 is 1.27 bits per heavy atom. The van der Waals surface area contributed by atoms with Gasteiger partial charge in [-0.05, 0) is 24.3 Å². The van der Waals surface area contributed by atoms with E-state index in [2.05, 4.69) is 0 Å². The summed E-state index contributed by atoms with van der Waals surface area (Å²) in [6, 6.07) is 4.38. The number of amides is 1. The number of hydrogen-bond acceptors (Lipinski definition) is 3. The predicted octanol–water partition coefficient (Wildman–Crippen LogP) is 2.16. The van der Waals surface area contributed by atoms with E-state index < -0.39 is 37.0 Å². The molecule has 0 spiro atoms. The Hall–Kier alpha value is -2.06. The highest BCUT2D eigenvalue weighted by Crippen LogP contribution is 2.32. The number of halogens is 5. The van der Waals surface area contributed by atoms with Crippen molar-refractivity contribution in [1.82, 2.24) is 5.32 Å². The fourth-order valence-corrected chi connectivity index (χ4v) is 2.21. The third-order valence-electron chi connectivity index (χ3n) is 3.45. The van der Waals surface area contributed by atoms with Gasteiger partial charge in [0.15, 0.2) is 0 Å². The number of piperidine rings is 1. The first-order valence-corrected chi connectivity index (χ1v) is 6.45. The number of hydrogen-bond donors (Lipinski definition) is 2. The lowest BCUT2D eigenvalue weighted by Gasteiger charge is -2.39. The molecule has 122 valence electrons. The van der Waals surface area contributed by atoms with Crippen molar-refractivity contribution in [3.63, 3.8) is 0 Å². The normalized spacial score (nSPS) is 21.5. The zero-order valence-corrected chi connectivity index (χ0v) is 11.3. The Kier molecular flexibility index (Phi) is 4.17. The molecule has 4 nitrogen and oxygen atoms in total. The van der Waals surface area contributed by atoms with Crippen molar-refractivity contribution in [3.8, 4) is 0 Å². The fraction of sp³-hybridized carbons (Fsp3) is 0.462. The lowest BCUT2D eigenvalue weighted by atomic mass is 10.00. The summed E-state index contributed by atoms with van der Waals surface area (Å²) < 4.78 is 64.2. The lowest BCUT2D eigenvalue weighted by Crippen LogP contribution is -2.60. The van der Waals surface area contributed by atoms with Gasteiger partial charge in [0.1, 0.15) is 6.04 Å². The summed E-state index contributed by atoms with van der Waals surface area (Å²) in [5.74, 6) is -5.76. The van der Waals surface area contributed by atoms with Crippen molar-refractivity contribution in [3.05, 3.63) is 24.3 Å². The Morgan fingerprint density at radius 3 is 2.41 bits per heavy atom. The van der Waals surface area contributed by atoms with Crippen LogP contribution in [-0.4, -0.2) is 37.1 Å². The first kappa shape index (κ1) is 16.3. The summed E-state index contributed by atoms with van der Waals surface area (Å²) in [5.41, 5.74) is 6.55. The summed E-state index contributed by atoms with van der Waals surface area (Å²) in [6.07, 6.45) is -5.85. The summed E-state index contributed by atoms with van der Waals surface area (Å²) in [5, 5.41) is 1.38. The quantitative estimate of drug-likeness (QED) is 0.648. The van der Waals surface area contributed by atoms with Crippen molar-refractivity contribution in [2.24, 2.45) is 0 Å². The zero-order valence-electron chi connectivity index (χ0n) is 11.3. The van der Waals surface area contributed by atoms with Gasteiger partial charge in [0.2, 0.25) is 0 Å². The lowest BCUT2D eigenvalue weighted by molar-refractivity contribution is -0.177. The second-order valence-electron chi connectivity index (χ2n) is 5.07. The molecule has 3 N–H and O–H groups in total. The smallest absolute Gasteiger partial charge is 0.399 e. The van der Waals surface area contributed by atoms with E-state index in [9.17, 15) is 26.7 Å². The second-order valence-corrected chi connectivity index (χ2v) is 5.07. The Bertz CT molecular complexity index is 544. The standard InChI is InChI=1S/C13H14F5N3O/c14-12(15)5-6-21(9-3-1-8(19)2-4-9)7-10(12)20-11(22)13(16,17)18/h1-4,10H,5-7,19H2,(H,20,22). The molecule has 1 aromatic carbocycles. The predicted molar refractivity (Wildman–Crippen MR) is 70.6 cm³/mol. The van der Waals surface area contributed by atoms with E-state index in [4.69, 9.17) is 5.73 Å². The molecule has 0 bridgehead atoms. The van der Waals surface area contributed by atoms with Gasteiger partial charge in [-0.2, -0.15) is 13.2 Å². The van der Waals surface area contributed by atoms with Gasteiger partial charge in [-0.1, -0.05) is 0 Å². The van der Waals surface area contributed by atoms with Gasteiger partial charge in [0.25, 0.3) is 5.92 Å². The summed E-state index contributed by atoms with van der Waals surface area (Å²) in [7, 11) is 0. The highest BCUT2D eigenvalue weighted by Gasteiger charge is 2.49. The average molecular weight is 323 g/mol. The summed E-state index contributed by atoms with van der Waals surface area (Å²) in [4.78, 5) is 12.4. The second kappa shape index (κ2) is 5.62. The van der Waals surface area contributed by atoms with Crippen LogP contribution in [-0.2, 0) is 4.79 Å². The van der Waals surface area contributed by atoms with Crippen LogP contribution in [0.5, 0.6) is 0 Å². The molecule has 1 heterocycles. The van der Waals surface area contributed by atoms with E-state index in [0.29, 0.717) is 11.4 Å². The maximum absolute atomic E-state index is 13.7. The Labute approximate surface area is 123 Å². The monoisotopic (exact) mass is 323 g/mol. The SMILES string of the molecule is Nc1ccc(N2CCC(F)(F)C(NC(=O)C(F)(F)F)C2)cc1. The molecule has 1 amide bonds. The molecule has 1 aliphatic heterocycles. The molecule has 9 heteroatoms. The molecule has 1 unspecified atom stereocenters. The molecular weight excluding hydrogens is 309 g/mol. The van der Waals surface area contributed by atoms with E-state index >= 15 is 0 Å². The molecule has 0 aromatic heterocycles. The van der Waals surface area contributed by atoms with Crippen LogP contribution in [0.4, 0.5) is 33.3 Å². The van der Waals surface area contributed by atoms with Gasteiger partial charge in [0.05, 0.1) is 0 Å². The van der Waals surface area contributed by atoms with Crippen LogP contribution in [0, 0.1) is 0 Å². The number of carbonyl (C=O) groups is 1. The third-order valence-corrected chi connectivity index (χ3v) is 3.45. The summed E-state index contributed by atoms with van der Waals surface area (Å²) >= 11 is 0. The maximum Gasteiger partial charge on any atom is 0.471 e. The van der Waals surface area contributed by atoms with Crippen molar-refractivity contribution in [1.29, 1.82) is 0 Å². The molecule has 1 atom stereocenters. The number of nitrogens with one attached hydrogen (secondary N) is 1. The Morgan fingerprint density at radius 2 is 1.86 bits per heavy atom. The largest absolute Gasteiger partial charge is 0.471 e. The fourth-order valence-electron chi connectivity index (χ4n) is 2.21. The Balaban J connectivity index is 2.13. The maximum atomic E-state index is 13.7. The van der Waals surface area contributed by atoms with E-state index in [1.807, 2.05) is 0 Å². The first-order chi connectivity index (χ1) is 10.1. The minimum absolute atomic E-state index is 0.0324. The van der Waals surface area contributed by atoms with Gasteiger partial charge in [-0.15, -0.1) is 0 Å². The molecule has 22 heavy (non-hydrogen) atoms. The van der Waals surface area contributed by atoms with Crippen molar-refractivity contribution >= 4 is 17.3 Å². The van der Waals surface area contributed by atoms with E-state index in [1.54, 1.807) is 24.3 Å². The van der Waals surface area contributed by atoms with Gasteiger partial charge in [0, 0.05) is 30.9 Å². The molecule has 0 aliphatic carbocycles. The highest BCUT2D eigenvalue weighted by atomic mass is 19.4. The van der Waals surface area contributed by atoms with Crippen LogP contribution in [0.2, 0.25) is 0 Å². The molecule has 0 radical (unpaired) electrons. The van der Waals surface area contributed by atoms with Gasteiger partial charge in [-0.3, -0.25) is 4.79 Å². The van der Waals surface area contributed by atoms with Crippen molar-refractivity contribution in [2.75, 3.05) is 23.7 Å². The number of nitrogen functional groups attached to an aromatic ring is 1.